The average Bonchev–Trinajstić information content (AvgIpc) is 2.71. The predicted octanol–water partition coefficient (Wildman–Crippen LogP) is 3.24. The highest BCUT2D eigenvalue weighted by Crippen LogP contribution is 2.25. The number of hydrogen-bond acceptors (Lipinski definition) is 5. The number of nitrogens with zero attached hydrogens (tertiary/aromatic N) is 1. The van der Waals surface area contributed by atoms with E-state index >= 15 is 0 Å². The van der Waals surface area contributed by atoms with Crippen LogP contribution >= 0.6 is 0 Å². The lowest BCUT2D eigenvalue weighted by Gasteiger charge is -2.24. The summed E-state index contributed by atoms with van der Waals surface area (Å²) >= 11 is 0. The molecule has 1 amide bonds. The molecule has 0 aromatic heterocycles. The van der Waals surface area contributed by atoms with Gasteiger partial charge in [-0.05, 0) is 62.2 Å². The molecule has 0 saturated heterocycles. The molecule has 0 saturated carbocycles. The third-order valence-corrected chi connectivity index (χ3v) is 5.04. The Morgan fingerprint density at radius 1 is 1.03 bits per heavy atom. The third-order valence-electron chi connectivity index (χ3n) is 5.04. The first-order valence-electron chi connectivity index (χ1n) is 9.56. The van der Waals surface area contributed by atoms with Crippen LogP contribution in [0.1, 0.15) is 39.5 Å². The molecule has 6 heteroatoms. The first-order chi connectivity index (χ1) is 13.8. The van der Waals surface area contributed by atoms with Crippen LogP contribution in [0.4, 0.5) is 0 Å². The topological polar surface area (TPSA) is 67.9 Å². The SMILES string of the molecule is COC(=O)c1ccc(CNC(=O)C(C)N(C)Cc2cc(C)c(OC)c(C)c2)cc1. The summed E-state index contributed by atoms with van der Waals surface area (Å²) in [5.74, 6) is 0.478. The van der Waals surface area contributed by atoms with E-state index in [0.29, 0.717) is 18.7 Å². The van der Waals surface area contributed by atoms with Crippen LogP contribution in [0.25, 0.3) is 0 Å². The maximum absolute atomic E-state index is 12.6. The number of amides is 1. The summed E-state index contributed by atoms with van der Waals surface area (Å²) in [4.78, 5) is 26.0. The van der Waals surface area contributed by atoms with Crippen LogP contribution in [-0.2, 0) is 22.6 Å². The molecule has 0 heterocycles. The molecule has 2 aromatic carbocycles. The van der Waals surface area contributed by atoms with Crippen molar-refractivity contribution in [2.75, 3.05) is 21.3 Å². The summed E-state index contributed by atoms with van der Waals surface area (Å²) in [6.07, 6.45) is 0. The number of carbonyl (C=O) groups is 2. The molecule has 2 aromatic rings. The number of nitrogens with one attached hydrogen (secondary N) is 1. The number of aryl methyl sites for hydroxylation is 2. The lowest BCUT2D eigenvalue weighted by Crippen LogP contribution is -2.42. The molecule has 1 N–H and O–H groups in total. The van der Waals surface area contributed by atoms with Crippen LogP contribution in [0, 0.1) is 13.8 Å². The van der Waals surface area contributed by atoms with Crippen LogP contribution in [0.5, 0.6) is 5.75 Å². The highest BCUT2D eigenvalue weighted by atomic mass is 16.5. The van der Waals surface area contributed by atoms with Gasteiger partial charge in [0.05, 0.1) is 25.8 Å². The van der Waals surface area contributed by atoms with Gasteiger partial charge < -0.3 is 14.8 Å². The molecule has 6 nitrogen and oxygen atoms in total. The number of rotatable bonds is 8. The lowest BCUT2D eigenvalue weighted by molar-refractivity contribution is -0.125. The van der Waals surface area contributed by atoms with Gasteiger partial charge in [-0.15, -0.1) is 0 Å². The molecule has 0 fully saturated rings. The van der Waals surface area contributed by atoms with Crippen molar-refractivity contribution in [1.82, 2.24) is 10.2 Å². The van der Waals surface area contributed by atoms with E-state index in [1.807, 2.05) is 44.9 Å². The largest absolute Gasteiger partial charge is 0.496 e. The van der Waals surface area contributed by atoms with Crippen LogP contribution in [0.2, 0.25) is 0 Å². The predicted molar refractivity (Wildman–Crippen MR) is 113 cm³/mol. The van der Waals surface area contributed by atoms with Crippen molar-refractivity contribution in [1.29, 1.82) is 0 Å². The van der Waals surface area contributed by atoms with Crippen LogP contribution in [0.3, 0.4) is 0 Å². The Balaban J connectivity index is 1.93. The van der Waals surface area contributed by atoms with Crippen molar-refractivity contribution in [3.8, 4) is 5.75 Å². The highest BCUT2D eigenvalue weighted by molar-refractivity contribution is 5.89. The molecule has 2 rings (SSSR count). The van der Waals surface area contributed by atoms with Gasteiger partial charge in [0.25, 0.3) is 0 Å². The number of methoxy groups -OCH3 is 2. The molecule has 0 aliphatic carbocycles. The third kappa shape index (κ3) is 5.81. The van der Waals surface area contributed by atoms with Crippen molar-refractivity contribution >= 4 is 11.9 Å². The van der Waals surface area contributed by atoms with Gasteiger partial charge in [-0.1, -0.05) is 24.3 Å². The minimum absolute atomic E-state index is 0.0495. The Bertz CT molecular complexity index is 839. The highest BCUT2D eigenvalue weighted by Gasteiger charge is 2.18. The number of hydrogen-bond donors (Lipinski definition) is 1. The number of benzene rings is 2. The van der Waals surface area contributed by atoms with Crippen molar-refractivity contribution in [2.24, 2.45) is 0 Å². The minimum atomic E-state index is -0.375. The van der Waals surface area contributed by atoms with Crippen molar-refractivity contribution in [3.63, 3.8) is 0 Å². The first kappa shape index (κ1) is 22.4. The summed E-state index contributed by atoms with van der Waals surface area (Å²) < 4.78 is 10.1. The molecule has 0 radical (unpaired) electrons. The van der Waals surface area contributed by atoms with E-state index in [9.17, 15) is 9.59 Å². The molecule has 0 aliphatic rings. The number of ether oxygens (including phenoxy) is 2. The second-order valence-corrected chi connectivity index (χ2v) is 7.26. The monoisotopic (exact) mass is 398 g/mol. The van der Waals surface area contributed by atoms with E-state index in [2.05, 4.69) is 22.2 Å². The van der Waals surface area contributed by atoms with Gasteiger partial charge in [0.1, 0.15) is 5.75 Å². The van der Waals surface area contributed by atoms with E-state index in [1.54, 1.807) is 19.2 Å². The second kappa shape index (κ2) is 10.1. The van der Waals surface area contributed by atoms with Gasteiger partial charge in [-0.3, -0.25) is 9.69 Å². The van der Waals surface area contributed by atoms with E-state index in [-0.39, 0.29) is 17.9 Å². The standard InChI is InChI=1S/C23H30N2O4/c1-15-11-19(12-16(2)21(15)28-5)14-25(4)17(3)22(26)24-13-18-7-9-20(10-8-18)23(27)29-6/h7-12,17H,13-14H2,1-6H3,(H,24,26). The molecular formula is C23H30N2O4. The molecule has 1 atom stereocenters. The zero-order valence-electron chi connectivity index (χ0n) is 18.0. The van der Waals surface area contributed by atoms with Crippen molar-refractivity contribution in [3.05, 3.63) is 64.2 Å². The molecule has 1 unspecified atom stereocenters. The molecular weight excluding hydrogens is 368 g/mol. The molecule has 0 aliphatic heterocycles. The van der Waals surface area contributed by atoms with Gasteiger partial charge >= 0.3 is 5.97 Å². The van der Waals surface area contributed by atoms with E-state index in [0.717, 1.165) is 28.0 Å². The summed E-state index contributed by atoms with van der Waals surface area (Å²) in [6.45, 7) is 7.00. The fraction of sp³-hybridized carbons (Fsp3) is 0.391. The molecule has 0 spiro atoms. The quantitative estimate of drug-likeness (QED) is 0.692. The Morgan fingerprint density at radius 2 is 1.62 bits per heavy atom. The number of esters is 1. The first-order valence-corrected chi connectivity index (χ1v) is 9.56. The van der Waals surface area contributed by atoms with Gasteiger partial charge in [0.2, 0.25) is 5.91 Å². The van der Waals surface area contributed by atoms with Crippen molar-refractivity contribution < 1.29 is 19.1 Å². The molecule has 156 valence electrons. The zero-order chi connectivity index (χ0) is 21.6. The average molecular weight is 399 g/mol. The summed E-state index contributed by atoms with van der Waals surface area (Å²) in [7, 11) is 4.96. The Hall–Kier alpha value is -2.86. The lowest BCUT2D eigenvalue weighted by atomic mass is 10.0. The fourth-order valence-corrected chi connectivity index (χ4v) is 3.29. The van der Waals surface area contributed by atoms with Crippen molar-refractivity contribution in [2.45, 2.75) is 39.9 Å². The summed E-state index contributed by atoms with van der Waals surface area (Å²) in [5.41, 5.74) is 4.72. The minimum Gasteiger partial charge on any atom is -0.496 e. The Morgan fingerprint density at radius 3 is 2.14 bits per heavy atom. The zero-order valence-corrected chi connectivity index (χ0v) is 18.0. The second-order valence-electron chi connectivity index (χ2n) is 7.26. The van der Waals surface area contributed by atoms with E-state index in [4.69, 9.17) is 4.74 Å². The van der Waals surface area contributed by atoms with Gasteiger partial charge in [-0.25, -0.2) is 4.79 Å². The fourth-order valence-electron chi connectivity index (χ4n) is 3.29. The van der Waals surface area contributed by atoms with Gasteiger partial charge in [0.15, 0.2) is 0 Å². The van der Waals surface area contributed by atoms with Crippen LogP contribution < -0.4 is 10.1 Å². The summed E-state index contributed by atoms with van der Waals surface area (Å²) in [5, 5.41) is 2.95. The number of carbonyl (C=O) groups excluding carboxylic acids is 2. The Labute approximate surface area is 172 Å². The molecule has 29 heavy (non-hydrogen) atoms. The van der Waals surface area contributed by atoms with E-state index < -0.39 is 0 Å². The Kier molecular flexibility index (Phi) is 7.79. The van der Waals surface area contributed by atoms with Gasteiger partial charge in [-0.2, -0.15) is 0 Å². The van der Waals surface area contributed by atoms with Crippen LogP contribution in [0.15, 0.2) is 36.4 Å². The maximum atomic E-state index is 12.6. The van der Waals surface area contributed by atoms with Gasteiger partial charge in [0, 0.05) is 13.1 Å². The number of likely N-dealkylation sites (N-methyl/N-ethyl adjacent to an activating group) is 1. The molecule has 0 bridgehead atoms. The summed E-state index contributed by atoms with van der Waals surface area (Å²) in [6, 6.07) is 10.9. The van der Waals surface area contributed by atoms with E-state index in [1.165, 1.54) is 7.11 Å². The normalized spacial score (nSPS) is 11.8. The van der Waals surface area contributed by atoms with Crippen LogP contribution in [-0.4, -0.2) is 44.1 Å². The smallest absolute Gasteiger partial charge is 0.337 e. The maximum Gasteiger partial charge on any atom is 0.337 e.